The molecule has 9 nitrogen and oxygen atoms in total. The van der Waals surface area contributed by atoms with Crippen LogP contribution in [0.4, 0.5) is 22.1 Å². The Morgan fingerprint density at radius 3 is 2.46 bits per heavy atom. The minimum atomic E-state index is -0.611. The minimum absolute atomic E-state index is 0.263. The number of hydrogen-bond donors (Lipinski definition) is 4. The lowest BCUT2D eigenvalue weighted by molar-refractivity contribution is 0.0958. The summed E-state index contributed by atoms with van der Waals surface area (Å²) in [6, 6.07) is 14.6. The molecule has 0 radical (unpaired) electrons. The first kappa shape index (κ1) is 23.8. The van der Waals surface area contributed by atoms with Crippen LogP contribution in [0.5, 0.6) is 0 Å². The number of nitrogens with zero attached hydrogens (tertiary/aromatic N) is 3. The molecule has 0 aliphatic heterocycles. The lowest BCUT2D eigenvalue weighted by atomic mass is 9.91. The number of urea groups is 1. The van der Waals surface area contributed by atoms with Gasteiger partial charge in [0.15, 0.2) is 0 Å². The molecule has 0 unspecified atom stereocenters. The van der Waals surface area contributed by atoms with Gasteiger partial charge in [-0.05, 0) is 52.8 Å². The van der Waals surface area contributed by atoms with Crippen molar-refractivity contribution in [2.75, 3.05) is 16.8 Å². The number of aromatic nitrogens is 3. The van der Waals surface area contributed by atoms with Gasteiger partial charge in [-0.25, -0.2) is 9.78 Å². The molecule has 0 fully saturated rings. The van der Waals surface area contributed by atoms with E-state index in [4.69, 9.17) is 17.2 Å². The lowest BCUT2D eigenvalue weighted by Gasteiger charge is -2.14. The molecule has 0 atom stereocenters. The average molecular weight is 510 g/mol. The standard InChI is InChI=1S/C27H23N7O2S/c1-15-12-17(33-27(30)36)7-8-18(15)19-4-2-3-5-20(19)21-14-37-25-16(13-31-26(29)24(21)25)6-9-23(35)34-22(28)10-11-32-34/h2-14H,28H2,1H3,(H2,29,31)(H3,30,33,36)/b9-6+. The predicted molar refractivity (Wildman–Crippen MR) is 149 cm³/mol. The van der Waals surface area contributed by atoms with E-state index in [1.807, 2.05) is 54.8 Å². The average Bonchev–Trinajstić information content (AvgIpc) is 3.50. The zero-order valence-electron chi connectivity index (χ0n) is 19.8. The fourth-order valence-corrected chi connectivity index (χ4v) is 5.34. The molecule has 0 saturated carbocycles. The van der Waals surface area contributed by atoms with E-state index < -0.39 is 6.03 Å². The molecule has 0 bridgehead atoms. The van der Waals surface area contributed by atoms with Crippen molar-refractivity contribution in [2.45, 2.75) is 6.92 Å². The number of nitrogens with one attached hydrogen (secondary N) is 1. The van der Waals surface area contributed by atoms with Gasteiger partial charge < -0.3 is 22.5 Å². The van der Waals surface area contributed by atoms with E-state index in [2.05, 4.69) is 15.4 Å². The van der Waals surface area contributed by atoms with Crippen LogP contribution in [-0.4, -0.2) is 26.7 Å². The molecule has 0 spiro atoms. The van der Waals surface area contributed by atoms with E-state index in [0.717, 1.165) is 48.1 Å². The molecule has 2 amide bonds. The number of primary amides is 1. The molecule has 10 heteroatoms. The summed E-state index contributed by atoms with van der Waals surface area (Å²) in [7, 11) is 0. The number of carbonyl (C=O) groups excluding carboxylic acids is 2. The van der Waals surface area contributed by atoms with Gasteiger partial charge in [0.1, 0.15) is 11.6 Å². The summed E-state index contributed by atoms with van der Waals surface area (Å²) >= 11 is 1.53. The van der Waals surface area contributed by atoms with E-state index in [1.165, 1.54) is 23.6 Å². The van der Waals surface area contributed by atoms with Crippen LogP contribution in [0, 0.1) is 6.92 Å². The molecular weight excluding hydrogens is 486 g/mol. The maximum absolute atomic E-state index is 12.5. The normalized spacial score (nSPS) is 11.3. The Bertz CT molecular complexity index is 1700. The highest BCUT2D eigenvalue weighted by Gasteiger charge is 2.17. The number of rotatable bonds is 5. The molecule has 0 saturated heterocycles. The maximum Gasteiger partial charge on any atom is 0.316 e. The van der Waals surface area contributed by atoms with E-state index >= 15 is 0 Å². The first-order chi connectivity index (χ1) is 17.8. The summed E-state index contributed by atoms with van der Waals surface area (Å²) in [5.74, 6) is 0.303. The van der Waals surface area contributed by atoms with Gasteiger partial charge in [-0.1, -0.05) is 30.3 Å². The zero-order valence-corrected chi connectivity index (χ0v) is 20.6. The number of amides is 2. The SMILES string of the molecule is Cc1cc(NC(N)=O)ccc1-c1ccccc1-c1csc2c(/C=C/C(=O)n3nccc3N)cnc(N)c12. The van der Waals surface area contributed by atoms with Gasteiger partial charge >= 0.3 is 6.03 Å². The summed E-state index contributed by atoms with van der Waals surface area (Å²) in [6.07, 6.45) is 6.22. The number of nitrogen functional groups attached to an aromatic ring is 2. The molecule has 5 rings (SSSR count). The smallest absolute Gasteiger partial charge is 0.316 e. The zero-order chi connectivity index (χ0) is 26.1. The molecule has 7 N–H and O–H groups in total. The van der Waals surface area contributed by atoms with Crippen LogP contribution in [0.2, 0.25) is 0 Å². The van der Waals surface area contributed by atoms with E-state index in [-0.39, 0.29) is 11.7 Å². The van der Waals surface area contributed by atoms with Gasteiger partial charge in [-0.3, -0.25) is 4.79 Å². The third kappa shape index (κ3) is 4.53. The van der Waals surface area contributed by atoms with Crippen LogP contribution in [0.1, 0.15) is 15.9 Å². The van der Waals surface area contributed by atoms with Gasteiger partial charge in [0, 0.05) is 45.2 Å². The molecule has 0 aliphatic carbocycles. The fraction of sp³-hybridized carbons (Fsp3) is 0.0370. The number of benzene rings is 2. The van der Waals surface area contributed by atoms with Crippen molar-refractivity contribution < 1.29 is 9.59 Å². The number of anilines is 3. The Kier molecular flexibility index (Phi) is 6.16. The van der Waals surface area contributed by atoms with Crippen molar-refractivity contribution in [3.63, 3.8) is 0 Å². The first-order valence-corrected chi connectivity index (χ1v) is 12.2. The fourth-order valence-electron chi connectivity index (χ4n) is 4.27. The van der Waals surface area contributed by atoms with Gasteiger partial charge in [-0.15, -0.1) is 11.3 Å². The Hall–Kier alpha value is -4.96. The highest BCUT2D eigenvalue weighted by atomic mass is 32.1. The largest absolute Gasteiger partial charge is 0.383 e. The highest BCUT2D eigenvalue weighted by molar-refractivity contribution is 7.18. The third-order valence-electron chi connectivity index (χ3n) is 5.94. The summed E-state index contributed by atoms with van der Waals surface area (Å²) < 4.78 is 2.04. The number of fused-ring (bicyclic) bond motifs is 1. The van der Waals surface area contributed by atoms with Crippen LogP contribution in [0.15, 0.2) is 72.4 Å². The number of hydrogen-bond acceptors (Lipinski definition) is 7. The van der Waals surface area contributed by atoms with Crippen molar-refractivity contribution >= 4 is 56.8 Å². The number of carbonyl (C=O) groups is 2. The van der Waals surface area contributed by atoms with E-state index in [1.54, 1.807) is 18.3 Å². The molecular formula is C27H23N7O2S. The second-order valence-corrected chi connectivity index (χ2v) is 9.24. The molecule has 184 valence electrons. The van der Waals surface area contributed by atoms with Crippen molar-refractivity contribution in [1.29, 1.82) is 0 Å². The molecule has 37 heavy (non-hydrogen) atoms. The van der Waals surface area contributed by atoms with Gasteiger partial charge in [0.05, 0.1) is 6.20 Å². The third-order valence-corrected chi connectivity index (χ3v) is 6.97. The molecule has 5 aromatic rings. The topological polar surface area (TPSA) is 155 Å². The second kappa shape index (κ2) is 9.59. The minimum Gasteiger partial charge on any atom is -0.383 e. The van der Waals surface area contributed by atoms with Crippen LogP contribution in [-0.2, 0) is 0 Å². The number of aryl methyl sites for hydroxylation is 1. The Balaban J connectivity index is 1.58. The second-order valence-electron chi connectivity index (χ2n) is 8.36. The quantitative estimate of drug-likeness (QED) is 0.240. The molecule has 3 heterocycles. The van der Waals surface area contributed by atoms with Gasteiger partial charge in [-0.2, -0.15) is 9.78 Å². The van der Waals surface area contributed by atoms with Crippen molar-refractivity contribution in [2.24, 2.45) is 5.73 Å². The number of nitrogens with two attached hydrogens (primary N) is 3. The van der Waals surface area contributed by atoms with E-state index in [9.17, 15) is 9.59 Å². The van der Waals surface area contributed by atoms with Gasteiger partial charge in [0.25, 0.3) is 5.91 Å². The number of allylic oxidation sites excluding steroid dienone is 1. The van der Waals surface area contributed by atoms with Crippen LogP contribution in [0.25, 0.3) is 38.4 Å². The molecule has 0 aliphatic rings. The Labute approximate surface area is 216 Å². The monoisotopic (exact) mass is 509 g/mol. The van der Waals surface area contributed by atoms with Crippen LogP contribution >= 0.6 is 11.3 Å². The maximum atomic E-state index is 12.5. The molecule has 3 aromatic heterocycles. The summed E-state index contributed by atoms with van der Waals surface area (Å²) in [4.78, 5) is 28.2. The lowest BCUT2D eigenvalue weighted by Crippen LogP contribution is -2.19. The Morgan fingerprint density at radius 1 is 1.03 bits per heavy atom. The van der Waals surface area contributed by atoms with E-state index in [0.29, 0.717) is 11.5 Å². The summed E-state index contributed by atoms with van der Waals surface area (Å²) in [5, 5.41) is 9.41. The van der Waals surface area contributed by atoms with Crippen molar-refractivity contribution in [3.8, 4) is 22.3 Å². The predicted octanol–water partition coefficient (Wildman–Crippen LogP) is 5.14. The number of thiophene rings is 1. The Morgan fingerprint density at radius 2 is 1.78 bits per heavy atom. The van der Waals surface area contributed by atoms with Crippen molar-refractivity contribution in [1.82, 2.24) is 14.8 Å². The summed E-state index contributed by atoms with van der Waals surface area (Å²) in [6.45, 7) is 1.98. The van der Waals surface area contributed by atoms with Gasteiger partial charge in [0.2, 0.25) is 0 Å². The highest BCUT2D eigenvalue weighted by Crippen LogP contribution is 2.43. The van der Waals surface area contributed by atoms with Crippen LogP contribution in [0.3, 0.4) is 0 Å². The van der Waals surface area contributed by atoms with Crippen molar-refractivity contribution in [3.05, 3.63) is 83.5 Å². The van der Waals surface area contributed by atoms with Crippen LogP contribution < -0.4 is 22.5 Å². The molecule has 2 aromatic carbocycles. The summed E-state index contributed by atoms with van der Waals surface area (Å²) in [5.41, 5.74) is 23.7. The first-order valence-electron chi connectivity index (χ1n) is 11.3. The number of pyridine rings is 1.